The van der Waals surface area contributed by atoms with E-state index in [-0.39, 0.29) is 0 Å². The van der Waals surface area contributed by atoms with Gasteiger partial charge in [-0.3, -0.25) is 19.9 Å². The summed E-state index contributed by atoms with van der Waals surface area (Å²) < 4.78 is 0. The van der Waals surface area contributed by atoms with Crippen molar-refractivity contribution in [2.75, 3.05) is 0 Å². The first-order valence-electron chi connectivity index (χ1n) is 24.1. The molecular weight excluding hydrogens is 965 g/mol. The smallest absolute Gasteiger partial charge is 0.125 e. The molecule has 10 aromatic rings. The Balaban J connectivity index is 0.000000428. The molecule has 0 aromatic carbocycles. The molecule has 20 heteroatoms. The third-order valence-electron chi connectivity index (χ3n) is 9.01. The van der Waals surface area contributed by atoms with Gasteiger partial charge in [0.25, 0.3) is 0 Å². The molecule has 77 heavy (non-hydrogen) atoms. The van der Waals surface area contributed by atoms with Gasteiger partial charge in [0, 0.05) is 127 Å². The molecule has 10 heterocycles. The fourth-order valence-electron chi connectivity index (χ4n) is 4.56. The van der Waals surface area contributed by atoms with Crippen molar-refractivity contribution in [3.8, 4) is 0 Å². The summed E-state index contributed by atoms with van der Waals surface area (Å²) in [6.07, 6.45) is 34.2. The van der Waals surface area contributed by atoms with Gasteiger partial charge in [-0.15, -0.1) is 0 Å². The highest BCUT2D eigenvalue weighted by Crippen LogP contribution is 1.98. The molecule has 0 saturated carbocycles. The number of rotatable bonds is 0. The fourth-order valence-corrected chi connectivity index (χ4v) is 4.56. The molecule has 402 valence electrons. The molecule has 0 aliphatic carbocycles. The lowest BCUT2D eigenvalue weighted by molar-refractivity contribution is 1.01. The summed E-state index contributed by atoms with van der Waals surface area (Å²) in [6.45, 7) is 33.0. The van der Waals surface area contributed by atoms with Crippen LogP contribution in [0.2, 0.25) is 0 Å². The molecule has 0 amide bonds. The van der Waals surface area contributed by atoms with Crippen molar-refractivity contribution in [3.63, 3.8) is 0 Å². The molecule has 0 saturated heterocycles. The summed E-state index contributed by atoms with van der Waals surface area (Å²) in [4.78, 5) is 78.2. The van der Waals surface area contributed by atoms with Crippen LogP contribution in [-0.2, 0) is 0 Å². The van der Waals surface area contributed by atoms with Gasteiger partial charge in [-0.1, -0.05) is 0 Å². The number of hydrogen-bond donors (Lipinski definition) is 0. The predicted octanol–water partition coefficient (Wildman–Crippen LogP) is 10.0. The van der Waals surface area contributed by atoms with E-state index in [0.717, 1.165) is 96.5 Å². The zero-order valence-electron chi connectivity index (χ0n) is 47.7. The van der Waals surface area contributed by atoms with Crippen LogP contribution in [0.1, 0.15) is 96.5 Å². The van der Waals surface area contributed by atoms with Crippen molar-refractivity contribution in [2.45, 2.75) is 118 Å². The molecule has 0 atom stereocenters. The minimum atomic E-state index is 0.829. The van der Waals surface area contributed by atoms with Crippen LogP contribution in [0.3, 0.4) is 0 Å². The lowest BCUT2D eigenvalue weighted by atomic mass is 10.3. The van der Waals surface area contributed by atoms with Gasteiger partial charge in [0.2, 0.25) is 0 Å². The summed E-state index contributed by atoms with van der Waals surface area (Å²) in [7, 11) is 0. The molecule has 0 aliphatic heterocycles. The summed E-state index contributed by atoms with van der Waals surface area (Å²) >= 11 is 0. The van der Waals surface area contributed by atoms with Gasteiger partial charge in [-0.2, -0.15) is 0 Å². The van der Waals surface area contributed by atoms with Gasteiger partial charge in [0.05, 0.1) is 17.1 Å². The molecule has 0 fully saturated rings. The van der Waals surface area contributed by atoms with Crippen LogP contribution >= 0.6 is 0 Å². The summed E-state index contributed by atoms with van der Waals surface area (Å²) in [5.41, 5.74) is 14.7. The summed E-state index contributed by atoms with van der Waals surface area (Å²) in [6, 6.07) is 5.69. The lowest BCUT2D eigenvalue weighted by Crippen LogP contribution is -1.86. The van der Waals surface area contributed by atoms with Crippen LogP contribution in [0.25, 0.3) is 0 Å². The first kappa shape index (κ1) is 65.8. The monoisotopic (exact) mass is 1040 g/mol. The number of aromatic nitrogens is 20. The third-order valence-corrected chi connectivity index (χ3v) is 9.01. The molecule has 0 bridgehead atoms. The standard InChI is InChI=1S/7C6H8N2.3C5H6N2/c2*1-5-3-7-4-8-6(5)2;1-5-3-8-6(2)4-7-5;1-5-3-6(2)8-4-7-5;2*1-5-3-7-6(2)8-4-5;1-5-3-4-7-6(2)8-5;1-5-2-6-4-7-3-5;1-5-4-6-2-3-7-5;1-5-2-3-6-4-7-5/h7*3-4H,1-2H3;3*2-4H,1H3. The second kappa shape index (κ2) is 40.2. The van der Waals surface area contributed by atoms with Gasteiger partial charge in [-0.05, 0) is 164 Å². The van der Waals surface area contributed by atoms with Crippen molar-refractivity contribution < 1.29 is 0 Å². The second-order valence-electron chi connectivity index (χ2n) is 16.7. The van der Waals surface area contributed by atoms with Crippen molar-refractivity contribution in [2.24, 2.45) is 0 Å². The molecular formula is C57H74N20. The van der Waals surface area contributed by atoms with Gasteiger partial charge in [0.15, 0.2) is 0 Å². The Morgan fingerprint density at radius 1 is 0.234 bits per heavy atom. The maximum absolute atomic E-state index is 4.06. The van der Waals surface area contributed by atoms with E-state index in [1.54, 1.807) is 74.8 Å². The lowest BCUT2D eigenvalue weighted by Gasteiger charge is -1.91. The van der Waals surface area contributed by atoms with Crippen molar-refractivity contribution in [3.05, 3.63) is 239 Å². The Morgan fingerprint density at radius 3 is 0.909 bits per heavy atom. The Kier molecular flexibility index (Phi) is 34.4. The normalized spacial score (nSPS) is 9.10. The summed E-state index contributed by atoms with van der Waals surface area (Å²) in [5, 5.41) is 0. The van der Waals surface area contributed by atoms with Crippen LogP contribution in [0, 0.1) is 118 Å². The van der Waals surface area contributed by atoms with E-state index >= 15 is 0 Å². The average molecular weight is 1040 g/mol. The first-order valence-corrected chi connectivity index (χ1v) is 24.1. The minimum Gasteiger partial charge on any atom is -0.261 e. The van der Waals surface area contributed by atoms with E-state index in [9.17, 15) is 0 Å². The Morgan fingerprint density at radius 2 is 0.662 bits per heavy atom. The molecule has 10 rings (SSSR count). The molecule has 20 nitrogen and oxygen atoms in total. The topological polar surface area (TPSA) is 258 Å². The minimum absolute atomic E-state index is 0.829. The summed E-state index contributed by atoms with van der Waals surface area (Å²) in [5.74, 6) is 2.50. The molecule has 10 aromatic heterocycles. The largest absolute Gasteiger partial charge is 0.261 e. The highest BCUT2D eigenvalue weighted by Gasteiger charge is 1.89. The highest BCUT2D eigenvalue weighted by atomic mass is 14.9. The van der Waals surface area contributed by atoms with Gasteiger partial charge < -0.3 is 0 Å². The second-order valence-corrected chi connectivity index (χ2v) is 16.7. The van der Waals surface area contributed by atoms with E-state index in [4.69, 9.17) is 0 Å². The van der Waals surface area contributed by atoms with Gasteiger partial charge in [0.1, 0.15) is 49.1 Å². The number of aryl methyl sites for hydroxylation is 17. The van der Waals surface area contributed by atoms with Crippen LogP contribution in [0.15, 0.2) is 143 Å². The number of nitrogens with zero attached hydrogens (tertiary/aromatic N) is 20. The van der Waals surface area contributed by atoms with Crippen molar-refractivity contribution in [1.29, 1.82) is 0 Å². The average Bonchev–Trinajstić information content (AvgIpc) is 3.41. The molecule has 0 aliphatic rings. The zero-order valence-corrected chi connectivity index (χ0v) is 47.7. The van der Waals surface area contributed by atoms with Crippen molar-refractivity contribution >= 4 is 0 Å². The maximum Gasteiger partial charge on any atom is 0.125 e. The van der Waals surface area contributed by atoms with Crippen LogP contribution in [0.4, 0.5) is 0 Å². The highest BCUT2D eigenvalue weighted by molar-refractivity contribution is 5.11. The third kappa shape index (κ3) is 37.2. The van der Waals surface area contributed by atoms with E-state index in [2.05, 4.69) is 99.7 Å². The number of hydrogen-bond acceptors (Lipinski definition) is 20. The fraction of sp³-hybridized carbons (Fsp3) is 0.298. The quantitative estimate of drug-likeness (QED) is 0.137. The van der Waals surface area contributed by atoms with Crippen LogP contribution in [0.5, 0.6) is 0 Å². The predicted molar refractivity (Wildman–Crippen MR) is 301 cm³/mol. The van der Waals surface area contributed by atoms with E-state index < -0.39 is 0 Å². The van der Waals surface area contributed by atoms with E-state index in [1.165, 1.54) is 12.7 Å². The maximum atomic E-state index is 4.06. The Labute approximate surface area is 455 Å². The van der Waals surface area contributed by atoms with Crippen LogP contribution in [-0.4, -0.2) is 99.7 Å². The first-order chi connectivity index (χ1) is 36.7. The SMILES string of the molecule is Cc1cc(C)ncn1.Cc1ccnc(C)n1.Cc1ccncn1.Cc1cnc(C)cn1.Cc1cnc(C)nc1.Cc1cnc(C)nc1.Cc1cnccn1.Cc1cncnc1.Cc1cncnc1C.Cc1cncnc1C. The van der Waals surface area contributed by atoms with Gasteiger partial charge >= 0.3 is 0 Å². The van der Waals surface area contributed by atoms with E-state index in [1.807, 2.05) is 173 Å². The Bertz CT molecular complexity index is 2610. The van der Waals surface area contributed by atoms with Gasteiger partial charge in [-0.25, -0.2) is 79.7 Å². The van der Waals surface area contributed by atoms with E-state index in [0.29, 0.717) is 0 Å². The Hall–Kier alpha value is -9.20. The van der Waals surface area contributed by atoms with Crippen LogP contribution < -0.4 is 0 Å². The molecule has 0 radical (unpaired) electrons. The van der Waals surface area contributed by atoms with Crippen molar-refractivity contribution in [1.82, 2.24) is 99.7 Å². The zero-order chi connectivity index (χ0) is 57.2. The molecule has 0 unspecified atom stereocenters. The molecule has 0 spiro atoms. The molecule has 0 N–H and O–H groups in total.